The predicted molar refractivity (Wildman–Crippen MR) is 136 cm³/mol. The molecule has 3 aromatic rings. The molecule has 0 bridgehead atoms. The fraction of sp³-hybridized carbons (Fsp3) is 0.259. The largest absolute Gasteiger partial charge is 0.360 e. The molecule has 0 radical (unpaired) electrons. The lowest BCUT2D eigenvalue weighted by Crippen LogP contribution is -3.13. The first kappa shape index (κ1) is 23.3. The van der Waals surface area contributed by atoms with E-state index in [1.165, 1.54) is 11.3 Å². The summed E-state index contributed by atoms with van der Waals surface area (Å²) in [5.74, 6) is -0.133. The Bertz CT molecular complexity index is 1050. The first-order valence-electron chi connectivity index (χ1n) is 11.8. The molecule has 4 N–H and O–H groups in total. The van der Waals surface area contributed by atoms with Crippen LogP contribution in [0.25, 0.3) is 0 Å². The molecule has 3 amide bonds. The minimum Gasteiger partial charge on any atom is -0.360 e. The van der Waals surface area contributed by atoms with Gasteiger partial charge >= 0.3 is 6.03 Å². The van der Waals surface area contributed by atoms with E-state index < -0.39 is 0 Å². The van der Waals surface area contributed by atoms with Crippen LogP contribution in [0.2, 0.25) is 0 Å². The molecular weight excluding hydrogens is 426 g/mol. The Hall–Kier alpha value is -3.84. The van der Waals surface area contributed by atoms with E-state index in [0.29, 0.717) is 5.69 Å². The summed E-state index contributed by atoms with van der Waals surface area (Å²) in [5, 5.41) is 8.33. The van der Waals surface area contributed by atoms with Gasteiger partial charge in [0.05, 0.1) is 26.2 Å². The van der Waals surface area contributed by atoms with E-state index in [4.69, 9.17) is 0 Å². The quantitative estimate of drug-likeness (QED) is 0.419. The summed E-state index contributed by atoms with van der Waals surface area (Å²) < 4.78 is 0. The Morgan fingerprint density at radius 2 is 1.38 bits per heavy atom. The Labute approximate surface area is 200 Å². The van der Waals surface area contributed by atoms with Gasteiger partial charge in [-0.05, 0) is 36.4 Å². The summed E-state index contributed by atoms with van der Waals surface area (Å²) in [6.07, 6.45) is 0.204. The number of anilines is 3. The molecule has 0 atom stereocenters. The molecule has 7 heteroatoms. The highest BCUT2D eigenvalue weighted by Gasteiger charge is 2.20. The lowest BCUT2D eigenvalue weighted by molar-refractivity contribution is -0.914. The molecule has 34 heavy (non-hydrogen) atoms. The molecule has 1 heterocycles. The molecule has 176 valence electrons. The zero-order valence-corrected chi connectivity index (χ0v) is 19.3. The highest BCUT2D eigenvalue weighted by Crippen LogP contribution is 2.18. The van der Waals surface area contributed by atoms with Gasteiger partial charge in [-0.2, -0.15) is 0 Å². The van der Waals surface area contributed by atoms with Crippen molar-refractivity contribution in [3.05, 3.63) is 90.5 Å². The van der Waals surface area contributed by atoms with Gasteiger partial charge in [-0.25, -0.2) is 4.79 Å². The Morgan fingerprint density at radius 1 is 0.765 bits per heavy atom. The lowest BCUT2D eigenvalue weighted by Gasteiger charge is -2.33. The summed E-state index contributed by atoms with van der Waals surface area (Å²) >= 11 is 0. The van der Waals surface area contributed by atoms with Gasteiger partial charge in [0, 0.05) is 35.6 Å². The van der Waals surface area contributed by atoms with E-state index in [-0.39, 0.29) is 24.9 Å². The number of hydrogen-bond donors (Lipinski definition) is 4. The molecular formula is C27H32N5O2+. The first-order chi connectivity index (χ1) is 16.7. The van der Waals surface area contributed by atoms with Gasteiger partial charge < -0.3 is 25.8 Å². The van der Waals surface area contributed by atoms with Crippen LogP contribution in [0.4, 0.5) is 21.9 Å². The monoisotopic (exact) mass is 458 g/mol. The third-order valence-electron chi connectivity index (χ3n) is 5.95. The van der Waals surface area contributed by atoms with E-state index >= 15 is 0 Å². The average Bonchev–Trinajstić information content (AvgIpc) is 2.86. The van der Waals surface area contributed by atoms with Gasteiger partial charge in [-0.15, -0.1) is 0 Å². The third kappa shape index (κ3) is 7.08. The molecule has 3 aromatic carbocycles. The zero-order valence-electron chi connectivity index (χ0n) is 19.3. The molecule has 1 fully saturated rings. The minimum atomic E-state index is -0.325. The summed E-state index contributed by atoms with van der Waals surface area (Å²) in [5.41, 5.74) is 4.04. The molecule has 1 saturated heterocycles. The first-order valence-corrected chi connectivity index (χ1v) is 11.8. The summed E-state index contributed by atoms with van der Waals surface area (Å²) in [6.45, 7) is 5.59. The van der Waals surface area contributed by atoms with E-state index in [1.54, 1.807) is 4.90 Å². The highest BCUT2D eigenvalue weighted by molar-refractivity contribution is 5.92. The minimum absolute atomic E-state index is 0.133. The number of carbonyl (C=O) groups is 2. The van der Waals surface area contributed by atoms with E-state index in [2.05, 4.69) is 63.3 Å². The van der Waals surface area contributed by atoms with Gasteiger partial charge in [-0.3, -0.25) is 4.79 Å². The van der Waals surface area contributed by atoms with Crippen molar-refractivity contribution in [3.8, 4) is 0 Å². The molecule has 0 unspecified atom stereocenters. The lowest BCUT2D eigenvalue weighted by atomic mass is 10.2. The molecule has 0 saturated carbocycles. The molecule has 1 aliphatic heterocycles. The van der Waals surface area contributed by atoms with Crippen LogP contribution in [0.15, 0.2) is 84.9 Å². The van der Waals surface area contributed by atoms with Crippen LogP contribution >= 0.6 is 0 Å². The second kappa shape index (κ2) is 11.9. The Balaban J connectivity index is 1.16. The Morgan fingerprint density at radius 3 is 2.06 bits per heavy atom. The van der Waals surface area contributed by atoms with Crippen molar-refractivity contribution in [2.75, 3.05) is 48.3 Å². The Kier molecular flexibility index (Phi) is 8.13. The van der Waals surface area contributed by atoms with Crippen LogP contribution in [-0.4, -0.2) is 44.7 Å². The molecule has 0 aromatic heterocycles. The van der Waals surface area contributed by atoms with Crippen molar-refractivity contribution >= 4 is 29.0 Å². The van der Waals surface area contributed by atoms with Gasteiger partial charge in [0.1, 0.15) is 6.54 Å². The highest BCUT2D eigenvalue weighted by atomic mass is 16.2. The van der Waals surface area contributed by atoms with Gasteiger partial charge in [-0.1, -0.05) is 48.5 Å². The maximum atomic E-state index is 12.2. The molecule has 7 nitrogen and oxygen atoms in total. The van der Waals surface area contributed by atoms with Crippen molar-refractivity contribution in [1.29, 1.82) is 0 Å². The zero-order chi connectivity index (χ0) is 23.6. The van der Waals surface area contributed by atoms with Crippen molar-refractivity contribution in [1.82, 2.24) is 5.32 Å². The van der Waals surface area contributed by atoms with E-state index in [0.717, 1.165) is 38.4 Å². The number of hydrogen-bond acceptors (Lipinski definition) is 3. The standard InChI is InChI=1S/C27H31N5O2/c33-26(15-16-28-27(34)30-23-9-5-2-6-10-23)29-24-11-13-25(14-12-24)32-19-17-31(18-20-32)21-22-7-3-1-4-8-22/h1-14H,15-21H2,(H,29,33)(H2,28,30,34)/p+1. The summed E-state index contributed by atoms with van der Waals surface area (Å²) in [4.78, 5) is 28.1. The SMILES string of the molecule is O=C(CCNC(=O)Nc1ccccc1)Nc1ccc(N2CC[NH+](Cc3ccccc3)CC2)cc1. The van der Waals surface area contributed by atoms with Crippen molar-refractivity contribution < 1.29 is 14.5 Å². The fourth-order valence-electron chi connectivity index (χ4n) is 4.11. The van der Waals surface area contributed by atoms with Crippen LogP contribution in [0.1, 0.15) is 12.0 Å². The van der Waals surface area contributed by atoms with Crippen LogP contribution in [0.5, 0.6) is 0 Å². The molecule has 0 spiro atoms. The van der Waals surface area contributed by atoms with Crippen molar-refractivity contribution in [2.24, 2.45) is 0 Å². The summed E-state index contributed by atoms with van der Waals surface area (Å²) in [7, 11) is 0. The number of carbonyl (C=O) groups excluding carboxylic acids is 2. The molecule has 4 rings (SSSR count). The number of nitrogens with zero attached hydrogens (tertiary/aromatic N) is 1. The maximum absolute atomic E-state index is 12.2. The number of amides is 3. The van der Waals surface area contributed by atoms with E-state index in [9.17, 15) is 9.59 Å². The second-order valence-corrected chi connectivity index (χ2v) is 8.49. The third-order valence-corrected chi connectivity index (χ3v) is 5.95. The second-order valence-electron chi connectivity index (χ2n) is 8.49. The number of quaternary nitrogens is 1. The molecule has 1 aliphatic rings. The van der Waals surface area contributed by atoms with Gasteiger partial charge in [0.2, 0.25) is 5.91 Å². The van der Waals surface area contributed by atoms with Crippen LogP contribution in [0, 0.1) is 0 Å². The number of urea groups is 1. The van der Waals surface area contributed by atoms with Crippen LogP contribution in [0.3, 0.4) is 0 Å². The van der Waals surface area contributed by atoms with Crippen molar-refractivity contribution in [3.63, 3.8) is 0 Å². The number of nitrogens with one attached hydrogen (secondary N) is 4. The predicted octanol–water partition coefficient (Wildman–Crippen LogP) is 2.74. The van der Waals surface area contributed by atoms with Gasteiger partial charge in [0.15, 0.2) is 0 Å². The van der Waals surface area contributed by atoms with E-state index in [1.807, 2.05) is 42.5 Å². The topological polar surface area (TPSA) is 77.9 Å². The number of piperazine rings is 1. The van der Waals surface area contributed by atoms with Gasteiger partial charge in [0.25, 0.3) is 0 Å². The molecule has 0 aliphatic carbocycles. The smallest absolute Gasteiger partial charge is 0.319 e. The van der Waals surface area contributed by atoms with Crippen molar-refractivity contribution in [2.45, 2.75) is 13.0 Å². The number of rotatable bonds is 8. The fourth-order valence-corrected chi connectivity index (χ4v) is 4.11. The maximum Gasteiger partial charge on any atom is 0.319 e. The van der Waals surface area contributed by atoms with Crippen LogP contribution < -0.4 is 25.8 Å². The average molecular weight is 459 g/mol. The number of para-hydroxylation sites is 1. The van der Waals surface area contributed by atoms with Crippen LogP contribution in [-0.2, 0) is 11.3 Å². The summed E-state index contributed by atoms with van der Waals surface area (Å²) in [6, 6.07) is 27.5. The number of benzene rings is 3. The normalized spacial score (nSPS) is 13.8.